The molecule has 18 heavy (non-hydrogen) atoms. The van der Waals surface area contributed by atoms with Crippen LogP contribution in [0.1, 0.15) is 25.0 Å². The van der Waals surface area contributed by atoms with E-state index in [0.717, 1.165) is 23.4 Å². The third-order valence-corrected chi connectivity index (χ3v) is 2.99. The fourth-order valence-corrected chi connectivity index (χ4v) is 2.08. The minimum atomic E-state index is 0.278. The zero-order valence-corrected chi connectivity index (χ0v) is 11.4. The lowest BCUT2D eigenvalue weighted by Crippen LogP contribution is -2.05. The van der Waals surface area contributed by atoms with E-state index in [1.54, 1.807) is 4.68 Å². The number of aromatic hydroxyl groups is 1. The maximum atomic E-state index is 10.1. The molecule has 0 unspecified atom stereocenters. The van der Waals surface area contributed by atoms with Gasteiger partial charge in [-0.2, -0.15) is 5.10 Å². The summed E-state index contributed by atoms with van der Waals surface area (Å²) in [5, 5.41) is 14.6. The van der Waals surface area contributed by atoms with Crippen LogP contribution in [0.4, 0.5) is 0 Å². The van der Waals surface area contributed by atoms with Gasteiger partial charge in [-0.3, -0.25) is 0 Å². The van der Waals surface area contributed by atoms with Crippen molar-refractivity contribution < 1.29 is 5.11 Å². The van der Waals surface area contributed by atoms with E-state index in [2.05, 4.69) is 38.0 Å². The van der Waals surface area contributed by atoms with Gasteiger partial charge in [0.25, 0.3) is 0 Å². The molecule has 0 saturated heterocycles. The molecule has 3 nitrogen and oxygen atoms in total. The second-order valence-corrected chi connectivity index (χ2v) is 5.24. The predicted molar refractivity (Wildman–Crippen MR) is 73.6 cm³/mol. The molecular weight excluding hydrogens is 224 g/mol. The Morgan fingerprint density at radius 2 is 2.00 bits per heavy atom. The summed E-state index contributed by atoms with van der Waals surface area (Å²) in [5.74, 6) is 0.737. The van der Waals surface area contributed by atoms with E-state index in [0.29, 0.717) is 5.92 Å². The molecule has 2 rings (SSSR count). The van der Waals surface area contributed by atoms with Gasteiger partial charge in [-0.05, 0) is 25.8 Å². The highest BCUT2D eigenvalue weighted by atomic mass is 16.3. The fraction of sp³-hybridized carbons (Fsp3) is 0.400. The van der Waals surface area contributed by atoms with Crippen LogP contribution in [0.5, 0.6) is 5.88 Å². The van der Waals surface area contributed by atoms with Gasteiger partial charge in [0.1, 0.15) is 0 Å². The number of benzene rings is 1. The zero-order chi connectivity index (χ0) is 13.3. The van der Waals surface area contributed by atoms with E-state index in [1.807, 2.05) is 19.1 Å². The van der Waals surface area contributed by atoms with Crippen molar-refractivity contribution in [2.45, 2.75) is 34.2 Å². The van der Waals surface area contributed by atoms with Gasteiger partial charge in [0.15, 0.2) is 0 Å². The summed E-state index contributed by atoms with van der Waals surface area (Å²) in [6.45, 7) is 8.94. The van der Waals surface area contributed by atoms with Gasteiger partial charge in [-0.1, -0.05) is 37.6 Å². The largest absolute Gasteiger partial charge is 0.493 e. The lowest BCUT2D eigenvalue weighted by Gasteiger charge is -2.05. The van der Waals surface area contributed by atoms with Gasteiger partial charge in [0, 0.05) is 17.7 Å². The highest BCUT2D eigenvalue weighted by Crippen LogP contribution is 2.29. The third kappa shape index (κ3) is 2.40. The van der Waals surface area contributed by atoms with E-state index >= 15 is 0 Å². The van der Waals surface area contributed by atoms with Crippen molar-refractivity contribution in [3.63, 3.8) is 0 Å². The smallest absolute Gasteiger partial charge is 0.212 e. The predicted octanol–water partition coefficient (Wildman–Crippen LogP) is 3.53. The van der Waals surface area contributed by atoms with E-state index in [1.165, 1.54) is 5.56 Å². The minimum Gasteiger partial charge on any atom is -0.493 e. The number of rotatable bonds is 3. The maximum absolute atomic E-state index is 10.1. The van der Waals surface area contributed by atoms with Gasteiger partial charge >= 0.3 is 0 Å². The molecule has 0 aliphatic heterocycles. The molecule has 0 saturated carbocycles. The van der Waals surface area contributed by atoms with Crippen molar-refractivity contribution in [2.75, 3.05) is 0 Å². The molecule has 0 bridgehead atoms. The monoisotopic (exact) mass is 244 g/mol. The van der Waals surface area contributed by atoms with Crippen LogP contribution in [0.3, 0.4) is 0 Å². The lowest BCUT2D eigenvalue weighted by molar-refractivity contribution is 0.370. The van der Waals surface area contributed by atoms with Crippen molar-refractivity contribution in [3.8, 4) is 17.1 Å². The SMILES string of the molecule is Cc1cccc(-c2nn(CC(C)C)c(O)c2C)c1. The van der Waals surface area contributed by atoms with E-state index in [4.69, 9.17) is 0 Å². The first-order chi connectivity index (χ1) is 8.49. The first-order valence-corrected chi connectivity index (χ1v) is 6.32. The summed E-state index contributed by atoms with van der Waals surface area (Å²) in [6, 6.07) is 8.20. The molecule has 96 valence electrons. The van der Waals surface area contributed by atoms with Crippen molar-refractivity contribution >= 4 is 0 Å². The Morgan fingerprint density at radius 3 is 2.61 bits per heavy atom. The van der Waals surface area contributed by atoms with Crippen molar-refractivity contribution in [3.05, 3.63) is 35.4 Å². The number of nitrogens with zero attached hydrogens (tertiary/aromatic N) is 2. The van der Waals surface area contributed by atoms with Crippen molar-refractivity contribution in [2.24, 2.45) is 5.92 Å². The Bertz CT molecular complexity index is 556. The standard InChI is InChI=1S/C15H20N2O/c1-10(2)9-17-15(18)12(4)14(16-17)13-7-5-6-11(3)8-13/h5-8,10,18H,9H2,1-4H3. The summed E-state index contributed by atoms with van der Waals surface area (Å²) >= 11 is 0. The molecule has 0 radical (unpaired) electrons. The zero-order valence-electron chi connectivity index (χ0n) is 11.4. The van der Waals surface area contributed by atoms with Crippen LogP contribution in [-0.4, -0.2) is 14.9 Å². The highest BCUT2D eigenvalue weighted by Gasteiger charge is 2.15. The van der Waals surface area contributed by atoms with Crippen molar-refractivity contribution in [1.29, 1.82) is 0 Å². The van der Waals surface area contributed by atoms with Crippen LogP contribution in [-0.2, 0) is 6.54 Å². The van der Waals surface area contributed by atoms with Gasteiger partial charge in [-0.15, -0.1) is 0 Å². The van der Waals surface area contributed by atoms with E-state index in [-0.39, 0.29) is 5.88 Å². The Hall–Kier alpha value is -1.77. The molecule has 1 N–H and O–H groups in total. The molecular formula is C15H20N2O. The molecule has 0 atom stereocenters. The molecule has 0 spiro atoms. The summed E-state index contributed by atoms with van der Waals surface area (Å²) < 4.78 is 1.69. The quantitative estimate of drug-likeness (QED) is 0.897. The Kier molecular flexibility index (Phi) is 3.41. The molecule has 0 amide bonds. The first-order valence-electron chi connectivity index (χ1n) is 6.32. The van der Waals surface area contributed by atoms with Crippen molar-refractivity contribution in [1.82, 2.24) is 9.78 Å². The topological polar surface area (TPSA) is 38.0 Å². The minimum absolute atomic E-state index is 0.278. The first kappa shape index (κ1) is 12.7. The van der Waals surface area contributed by atoms with Gasteiger partial charge in [0.2, 0.25) is 5.88 Å². The molecule has 0 aliphatic carbocycles. The van der Waals surface area contributed by atoms with E-state index in [9.17, 15) is 5.11 Å². The van der Waals surface area contributed by atoms with Crippen LogP contribution in [0.15, 0.2) is 24.3 Å². The highest BCUT2D eigenvalue weighted by molar-refractivity contribution is 5.65. The number of aromatic nitrogens is 2. The second kappa shape index (κ2) is 4.84. The Balaban J connectivity index is 2.46. The molecule has 3 heteroatoms. The molecule has 1 aromatic heterocycles. The molecule has 0 aliphatic rings. The summed E-state index contributed by atoms with van der Waals surface area (Å²) in [5.41, 5.74) is 3.98. The van der Waals surface area contributed by atoms with Crippen LogP contribution < -0.4 is 0 Å². The lowest BCUT2D eigenvalue weighted by atomic mass is 10.1. The second-order valence-electron chi connectivity index (χ2n) is 5.24. The van der Waals surface area contributed by atoms with Gasteiger partial charge < -0.3 is 5.11 Å². The van der Waals surface area contributed by atoms with Crippen LogP contribution in [0, 0.1) is 19.8 Å². The maximum Gasteiger partial charge on any atom is 0.212 e. The molecule has 0 fully saturated rings. The average Bonchev–Trinajstić information content (AvgIpc) is 2.57. The van der Waals surface area contributed by atoms with Crippen LogP contribution >= 0.6 is 0 Å². The molecule has 1 heterocycles. The van der Waals surface area contributed by atoms with Gasteiger partial charge in [-0.25, -0.2) is 4.68 Å². The summed E-state index contributed by atoms with van der Waals surface area (Å²) in [4.78, 5) is 0. The Labute approximate surface area is 108 Å². The fourth-order valence-electron chi connectivity index (χ4n) is 2.08. The van der Waals surface area contributed by atoms with E-state index < -0.39 is 0 Å². The Morgan fingerprint density at radius 1 is 1.28 bits per heavy atom. The third-order valence-electron chi connectivity index (χ3n) is 2.99. The van der Waals surface area contributed by atoms with Crippen LogP contribution in [0.25, 0.3) is 11.3 Å². The number of hydrogen-bond acceptors (Lipinski definition) is 2. The van der Waals surface area contributed by atoms with Crippen LogP contribution in [0.2, 0.25) is 0 Å². The molecule has 2 aromatic rings. The summed E-state index contributed by atoms with van der Waals surface area (Å²) in [6.07, 6.45) is 0. The number of hydrogen-bond donors (Lipinski definition) is 1. The summed E-state index contributed by atoms with van der Waals surface area (Å²) in [7, 11) is 0. The molecule has 1 aromatic carbocycles. The van der Waals surface area contributed by atoms with Gasteiger partial charge in [0.05, 0.1) is 5.69 Å². The normalized spacial score (nSPS) is 11.2. The average molecular weight is 244 g/mol. The number of aryl methyl sites for hydroxylation is 1.